The van der Waals surface area contributed by atoms with Crippen molar-refractivity contribution < 1.29 is 13.3 Å². The van der Waals surface area contributed by atoms with E-state index < -0.39 is 20.6 Å². The summed E-state index contributed by atoms with van der Waals surface area (Å²) in [7, 11) is -3.99. The predicted octanol–water partition coefficient (Wildman–Crippen LogP) is 3.40. The molecule has 3 aromatic rings. The highest BCUT2D eigenvalue weighted by Gasteiger charge is 2.34. The first kappa shape index (κ1) is 22.5. The van der Waals surface area contributed by atoms with Gasteiger partial charge in [0.1, 0.15) is 5.82 Å². The molecule has 1 aliphatic carbocycles. The predicted molar refractivity (Wildman–Crippen MR) is 129 cm³/mol. The zero-order valence-corrected chi connectivity index (χ0v) is 19.4. The molecule has 10 nitrogen and oxygen atoms in total. The summed E-state index contributed by atoms with van der Waals surface area (Å²) in [5.74, 6) is 1.37. The Hall–Kier alpha value is -3.31. The van der Waals surface area contributed by atoms with Crippen LogP contribution < -0.4 is 10.2 Å². The number of rotatable bonds is 6. The quantitative estimate of drug-likeness (QED) is 0.419. The Labute approximate surface area is 197 Å². The van der Waals surface area contributed by atoms with Crippen molar-refractivity contribution in [1.82, 2.24) is 14.3 Å². The Morgan fingerprint density at radius 1 is 0.941 bits per heavy atom. The number of piperazine rings is 1. The second-order valence-electron chi connectivity index (χ2n) is 8.63. The molecular formula is C23H26N6O4S. The van der Waals surface area contributed by atoms with Crippen molar-refractivity contribution >= 4 is 38.4 Å². The van der Waals surface area contributed by atoms with Gasteiger partial charge in [0, 0.05) is 43.7 Å². The molecule has 1 saturated heterocycles. The number of nitro groups is 1. The minimum Gasteiger partial charge on any atom is -0.367 e. The molecule has 0 unspecified atom stereocenters. The maximum Gasteiger partial charge on any atom is 0.289 e. The lowest BCUT2D eigenvalue weighted by molar-refractivity contribution is -0.387. The molecule has 0 radical (unpaired) electrons. The van der Waals surface area contributed by atoms with Crippen LogP contribution in [0.5, 0.6) is 0 Å². The first-order valence-corrected chi connectivity index (χ1v) is 12.9. The molecule has 2 fully saturated rings. The molecule has 1 saturated carbocycles. The Balaban J connectivity index is 1.37. The average Bonchev–Trinajstić information content (AvgIpc) is 3.37. The van der Waals surface area contributed by atoms with Crippen LogP contribution in [0, 0.1) is 10.1 Å². The maximum absolute atomic E-state index is 13.1. The summed E-state index contributed by atoms with van der Waals surface area (Å²) in [6.07, 6.45) is 4.67. The fourth-order valence-electron chi connectivity index (χ4n) is 4.67. The molecule has 0 atom stereocenters. The standard InChI is InChI=1S/C23H26N6O4S/c30-29(31)20-11-5-6-12-21(20)34(32,33)28-15-13-27(14-16-28)23-25-19-10-4-3-9-18(19)22(26-23)24-17-7-1-2-8-17/h3-6,9-12,17H,1-2,7-8,13-16H2,(H,24,25,26). The molecule has 1 N–H and O–H groups in total. The molecule has 34 heavy (non-hydrogen) atoms. The van der Waals surface area contributed by atoms with Crippen molar-refractivity contribution in [3.63, 3.8) is 0 Å². The molecule has 2 aliphatic rings. The van der Waals surface area contributed by atoms with Crippen LogP contribution in [0.1, 0.15) is 25.7 Å². The van der Waals surface area contributed by atoms with E-state index in [1.165, 1.54) is 41.4 Å². The van der Waals surface area contributed by atoms with Crippen LogP contribution in [0.2, 0.25) is 0 Å². The third-order valence-corrected chi connectivity index (χ3v) is 8.43. The lowest BCUT2D eigenvalue weighted by Crippen LogP contribution is -2.49. The molecule has 2 heterocycles. The number of nitrogens with zero attached hydrogens (tertiary/aromatic N) is 5. The molecule has 0 amide bonds. The van der Waals surface area contributed by atoms with Gasteiger partial charge in [0.05, 0.1) is 10.4 Å². The highest BCUT2D eigenvalue weighted by Crippen LogP contribution is 2.30. The number of nitrogens with one attached hydrogen (secondary N) is 1. The molecule has 178 valence electrons. The zero-order chi connectivity index (χ0) is 23.7. The Morgan fingerprint density at radius 3 is 2.35 bits per heavy atom. The first-order chi connectivity index (χ1) is 16.4. The van der Waals surface area contributed by atoms with Crippen LogP contribution in [0.3, 0.4) is 0 Å². The van der Waals surface area contributed by atoms with Crippen molar-refractivity contribution in [1.29, 1.82) is 0 Å². The number of hydrogen-bond donors (Lipinski definition) is 1. The summed E-state index contributed by atoms with van der Waals surface area (Å²) < 4.78 is 27.6. The third kappa shape index (κ3) is 4.28. The van der Waals surface area contributed by atoms with Crippen molar-refractivity contribution in [2.45, 2.75) is 36.6 Å². The summed E-state index contributed by atoms with van der Waals surface area (Å²) in [5.41, 5.74) is 0.424. The van der Waals surface area contributed by atoms with Crippen molar-refractivity contribution in [3.05, 3.63) is 58.6 Å². The summed E-state index contributed by atoms with van der Waals surface area (Å²) in [6, 6.07) is 13.7. The van der Waals surface area contributed by atoms with Gasteiger partial charge in [-0.15, -0.1) is 0 Å². The molecule has 2 aromatic carbocycles. The van der Waals surface area contributed by atoms with Crippen LogP contribution in [0.4, 0.5) is 17.5 Å². The maximum atomic E-state index is 13.1. The minimum absolute atomic E-state index is 0.190. The van der Waals surface area contributed by atoms with Gasteiger partial charge in [-0.1, -0.05) is 37.1 Å². The van der Waals surface area contributed by atoms with Gasteiger partial charge in [-0.3, -0.25) is 10.1 Å². The zero-order valence-electron chi connectivity index (χ0n) is 18.6. The largest absolute Gasteiger partial charge is 0.367 e. The number of fused-ring (bicyclic) bond motifs is 1. The first-order valence-electron chi connectivity index (χ1n) is 11.5. The van der Waals surface area contributed by atoms with Gasteiger partial charge in [0.25, 0.3) is 5.69 Å². The van der Waals surface area contributed by atoms with E-state index in [1.54, 1.807) is 0 Å². The van der Waals surface area contributed by atoms with Crippen LogP contribution in [0.15, 0.2) is 53.4 Å². The van der Waals surface area contributed by atoms with Gasteiger partial charge in [0.2, 0.25) is 16.0 Å². The SMILES string of the molecule is O=[N+]([O-])c1ccccc1S(=O)(=O)N1CCN(c2nc(NC3CCCC3)c3ccccc3n2)CC1. The van der Waals surface area contributed by atoms with Crippen LogP contribution in [-0.4, -0.2) is 59.8 Å². The summed E-state index contributed by atoms with van der Waals surface area (Å²) >= 11 is 0. The number of para-hydroxylation sites is 2. The number of aromatic nitrogens is 2. The van der Waals surface area contributed by atoms with Gasteiger partial charge >= 0.3 is 0 Å². The molecule has 1 aromatic heterocycles. The van der Waals surface area contributed by atoms with E-state index in [9.17, 15) is 18.5 Å². The summed E-state index contributed by atoms with van der Waals surface area (Å²) in [5, 5.41) is 15.9. The third-order valence-electron chi connectivity index (χ3n) is 6.49. The number of hydrogen-bond acceptors (Lipinski definition) is 8. The van der Waals surface area contributed by atoms with E-state index in [2.05, 4.69) is 5.32 Å². The molecular weight excluding hydrogens is 456 g/mol. The van der Waals surface area contributed by atoms with Gasteiger partial charge in [0.15, 0.2) is 4.90 Å². The van der Waals surface area contributed by atoms with Crippen LogP contribution in [0.25, 0.3) is 10.9 Å². The number of nitro benzene ring substituents is 1. The second-order valence-corrected chi connectivity index (χ2v) is 10.5. The summed E-state index contributed by atoms with van der Waals surface area (Å²) in [4.78, 5) is 21.9. The number of anilines is 2. The minimum atomic E-state index is -3.99. The molecule has 11 heteroatoms. The highest BCUT2D eigenvalue weighted by molar-refractivity contribution is 7.89. The van der Waals surface area contributed by atoms with Gasteiger partial charge in [-0.25, -0.2) is 13.4 Å². The molecule has 0 spiro atoms. The van der Waals surface area contributed by atoms with Crippen LogP contribution >= 0.6 is 0 Å². The topological polar surface area (TPSA) is 122 Å². The average molecular weight is 483 g/mol. The highest BCUT2D eigenvalue weighted by atomic mass is 32.2. The van der Waals surface area contributed by atoms with E-state index in [0.29, 0.717) is 25.1 Å². The Kier molecular flexibility index (Phi) is 6.05. The van der Waals surface area contributed by atoms with Gasteiger partial charge in [-0.2, -0.15) is 9.29 Å². The van der Waals surface area contributed by atoms with E-state index in [1.807, 2.05) is 29.2 Å². The van der Waals surface area contributed by atoms with Crippen molar-refractivity contribution in [2.75, 3.05) is 36.4 Å². The monoisotopic (exact) mass is 482 g/mol. The molecule has 5 rings (SSSR count). The fourth-order valence-corrected chi connectivity index (χ4v) is 6.25. The van der Waals surface area contributed by atoms with Crippen molar-refractivity contribution in [3.8, 4) is 0 Å². The van der Waals surface area contributed by atoms with Crippen LogP contribution in [-0.2, 0) is 10.0 Å². The van der Waals surface area contributed by atoms with E-state index in [0.717, 1.165) is 29.6 Å². The van der Waals surface area contributed by atoms with Gasteiger partial charge in [-0.05, 0) is 31.0 Å². The second kappa shape index (κ2) is 9.15. The van der Waals surface area contributed by atoms with E-state index >= 15 is 0 Å². The molecule has 0 bridgehead atoms. The smallest absolute Gasteiger partial charge is 0.289 e. The fraction of sp³-hybridized carbons (Fsp3) is 0.391. The normalized spacial score (nSPS) is 17.8. The lowest BCUT2D eigenvalue weighted by atomic mass is 10.2. The Morgan fingerprint density at radius 2 is 1.62 bits per heavy atom. The van der Waals surface area contributed by atoms with E-state index in [4.69, 9.17) is 9.97 Å². The summed E-state index contributed by atoms with van der Waals surface area (Å²) in [6.45, 7) is 1.16. The Bertz CT molecular complexity index is 1320. The molecule has 1 aliphatic heterocycles. The number of sulfonamides is 1. The van der Waals surface area contributed by atoms with Gasteiger partial charge < -0.3 is 10.2 Å². The number of benzene rings is 2. The van der Waals surface area contributed by atoms with Crippen molar-refractivity contribution in [2.24, 2.45) is 0 Å². The van der Waals surface area contributed by atoms with E-state index in [-0.39, 0.29) is 18.0 Å². The lowest BCUT2D eigenvalue weighted by Gasteiger charge is -2.34.